The number of nitrogens with one attached hydrogen (secondary N) is 1. The minimum atomic E-state index is -0.802. The minimum absolute atomic E-state index is 0.0565. The molecule has 0 saturated carbocycles. The smallest absolute Gasteiger partial charge is 0.300 e. The first kappa shape index (κ1) is 23.4. The second-order valence-electron chi connectivity index (χ2n) is 8.86. The van der Waals surface area contributed by atoms with Gasteiger partial charge < -0.3 is 14.8 Å². The number of carbonyl (C=O) groups excluding carboxylic acids is 2. The summed E-state index contributed by atoms with van der Waals surface area (Å²) in [4.78, 5) is 31.9. The first-order valence-corrected chi connectivity index (χ1v) is 12.1. The van der Waals surface area contributed by atoms with Crippen LogP contribution in [-0.2, 0) is 16.0 Å². The Labute approximate surface area is 209 Å². The number of aromatic nitrogens is 1. The van der Waals surface area contributed by atoms with Gasteiger partial charge in [-0.1, -0.05) is 49.4 Å². The number of hydrogen-bond donors (Lipinski definition) is 2. The Morgan fingerprint density at radius 2 is 1.75 bits per heavy atom. The topological polar surface area (TPSA) is 82.6 Å². The standard InChI is InChI=1S/C30H28N2O4/c1-4-19-13-15-21(16-14-19)32-27(25-18(3)31-24-12-7-6-11-23(24)25)26(29(34)30(32)35)28(33)20-9-8-10-22(17-20)36-5-2/h6-17,27,31,33H,4-5H2,1-3H3/b28-26+. The molecule has 0 bridgehead atoms. The largest absolute Gasteiger partial charge is 0.507 e. The van der Waals surface area contributed by atoms with Crippen LogP contribution in [0.25, 0.3) is 16.7 Å². The van der Waals surface area contributed by atoms with Gasteiger partial charge in [0.15, 0.2) is 0 Å². The third kappa shape index (κ3) is 3.85. The van der Waals surface area contributed by atoms with E-state index in [1.807, 2.05) is 62.4 Å². The van der Waals surface area contributed by atoms with E-state index >= 15 is 0 Å². The van der Waals surface area contributed by atoms with E-state index in [0.717, 1.165) is 34.1 Å². The molecule has 0 radical (unpaired) electrons. The molecule has 1 atom stereocenters. The summed E-state index contributed by atoms with van der Waals surface area (Å²) in [7, 11) is 0. The van der Waals surface area contributed by atoms with Gasteiger partial charge in [-0.25, -0.2) is 0 Å². The fourth-order valence-electron chi connectivity index (χ4n) is 4.97. The van der Waals surface area contributed by atoms with Crippen LogP contribution in [0.5, 0.6) is 5.75 Å². The summed E-state index contributed by atoms with van der Waals surface area (Å²) in [6.07, 6.45) is 0.861. The third-order valence-electron chi connectivity index (χ3n) is 6.70. The zero-order chi connectivity index (χ0) is 25.4. The highest BCUT2D eigenvalue weighted by molar-refractivity contribution is 6.52. The van der Waals surface area contributed by atoms with Crippen LogP contribution in [0.2, 0.25) is 0 Å². The fraction of sp³-hybridized carbons (Fsp3) is 0.200. The van der Waals surface area contributed by atoms with Crippen LogP contribution in [0.1, 0.15) is 42.3 Å². The van der Waals surface area contributed by atoms with Gasteiger partial charge in [-0.2, -0.15) is 0 Å². The highest BCUT2D eigenvalue weighted by atomic mass is 16.5. The number of Topliss-reactive ketones (excluding diaryl/α,β-unsaturated/α-hetero) is 1. The Bertz CT molecular complexity index is 1500. The predicted octanol–water partition coefficient (Wildman–Crippen LogP) is 6.06. The van der Waals surface area contributed by atoms with Crippen LogP contribution in [-0.4, -0.2) is 28.4 Å². The van der Waals surface area contributed by atoms with Crippen LogP contribution in [0, 0.1) is 6.92 Å². The minimum Gasteiger partial charge on any atom is -0.507 e. The molecule has 1 aromatic heterocycles. The van der Waals surface area contributed by atoms with Crippen molar-refractivity contribution < 1.29 is 19.4 Å². The average Bonchev–Trinajstić information content (AvgIpc) is 3.36. The van der Waals surface area contributed by atoms with E-state index < -0.39 is 17.7 Å². The van der Waals surface area contributed by atoms with Gasteiger partial charge in [0, 0.05) is 33.4 Å². The monoisotopic (exact) mass is 480 g/mol. The molecule has 1 aliphatic heterocycles. The van der Waals surface area contributed by atoms with Crippen LogP contribution in [0.15, 0.2) is 78.4 Å². The number of ketones is 1. The molecule has 2 heterocycles. The van der Waals surface area contributed by atoms with Crippen LogP contribution in [0.3, 0.4) is 0 Å². The van der Waals surface area contributed by atoms with Crippen molar-refractivity contribution in [3.63, 3.8) is 0 Å². The Balaban J connectivity index is 1.77. The molecule has 3 aromatic carbocycles. The first-order valence-electron chi connectivity index (χ1n) is 12.1. The van der Waals surface area contributed by atoms with E-state index in [-0.39, 0.29) is 11.3 Å². The molecule has 1 unspecified atom stereocenters. The Kier molecular flexibility index (Phi) is 6.10. The van der Waals surface area contributed by atoms with Crippen molar-refractivity contribution in [1.29, 1.82) is 0 Å². The summed E-state index contributed by atoms with van der Waals surface area (Å²) < 4.78 is 5.59. The number of aryl methyl sites for hydroxylation is 2. The number of H-pyrrole nitrogens is 1. The van der Waals surface area contributed by atoms with Crippen LogP contribution in [0.4, 0.5) is 5.69 Å². The molecule has 36 heavy (non-hydrogen) atoms. The molecule has 182 valence electrons. The van der Waals surface area contributed by atoms with Crippen molar-refractivity contribution in [2.45, 2.75) is 33.2 Å². The molecular weight excluding hydrogens is 452 g/mol. The zero-order valence-electron chi connectivity index (χ0n) is 20.5. The molecule has 6 nitrogen and oxygen atoms in total. The van der Waals surface area contributed by atoms with E-state index in [1.165, 1.54) is 4.90 Å². The molecule has 0 spiro atoms. The molecule has 4 aromatic rings. The van der Waals surface area contributed by atoms with Gasteiger partial charge in [-0.15, -0.1) is 0 Å². The van der Waals surface area contributed by atoms with E-state index in [1.54, 1.807) is 24.3 Å². The van der Waals surface area contributed by atoms with E-state index in [2.05, 4.69) is 11.9 Å². The number of ether oxygens (including phenoxy) is 1. The Morgan fingerprint density at radius 3 is 2.47 bits per heavy atom. The number of para-hydroxylation sites is 1. The van der Waals surface area contributed by atoms with Gasteiger partial charge in [-0.3, -0.25) is 14.5 Å². The maximum atomic E-state index is 13.5. The molecule has 0 aliphatic carbocycles. The van der Waals surface area contributed by atoms with Gasteiger partial charge in [-0.05, 0) is 56.2 Å². The van der Waals surface area contributed by atoms with Gasteiger partial charge >= 0.3 is 0 Å². The maximum absolute atomic E-state index is 13.5. The van der Waals surface area contributed by atoms with Crippen LogP contribution >= 0.6 is 0 Å². The second-order valence-corrected chi connectivity index (χ2v) is 8.86. The highest BCUT2D eigenvalue weighted by Gasteiger charge is 2.48. The second kappa shape index (κ2) is 9.38. The number of aromatic amines is 1. The maximum Gasteiger partial charge on any atom is 0.300 e. The number of anilines is 1. The summed E-state index contributed by atoms with van der Waals surface area (Å²) in [5.74, 6) is -1.04. The zero-order valence-corrected chi connectivity index (χ0v) is 20.5. The van der Waals surface area contributed by atoms with Gasteiger partial charge in [0.25, 0.3) is 11.7 Å². The van der Waals surface area contributed by atoms with Crippen molar-refractivity contribution in [2.75, 3.05) is 11.5 Å². The molecule has 1 saturated heterocycles. The molecule has 5 rings (SSSR count). The van der Waals surface area contributed by atoms with Gasteiger partial charge in [0.1, 0.15) is 11.5 Å². The predicted molar refractivity (Wildman–Crippen MR) is 141 cm³/mol. The molecule has 1 fully saturated rings. The summed E-state index contributed by atoms with van der Waals surface area (Å²) in [5.41, 5.74) is 4.72. The number of fused-ring (bicyclic) bond motifs is 1. The number of rotatable bonds is 6. The lowest BCUT2D eigenvalue weighted by Gasteiger charge is -2.26. The number of amides is 1. The number of aliphatic hydroxyl groups is 1. The van der Waals surface area contributed by atoms with Crippen LogP contribution < -0.4 is 9.64 Å². The van der Waals surface area contributed by atoms with Crippen molar-refractivity contribution in [2.24, 2.45) is 0 Å². The Morgan fingerprint density at radius 1 is 1.00 bits per heavy atom. The molecule has 6 heteroatoms. The number of hydrogen-bond acceptors (Lipinski definition) is 4. The lowest BCUT2D eigenvalue weighted by Crippen LogP contribution is -2.29. The van der Waals surface area contributed by atoms with Gasteiger partial charge in [0.05, 0.1) is 18.2 Å². The number of aliphatic hydroxyl groups excluding tert-OH is 1. The third-order valence-corrected chi connectivity index (χ3v) is 6.70. The first-order chi connectivity index (χ1) is 17.4. The SMILES string of the molecule is CCOc1cccc(/C(O)=C2\C(=O)C(=O)N(c3ccc(CC)cc3)C2c2c(C)[nH]c3ccccc23)c1. The number of carbonyl (C=O) groups is 2. The van der Waals surface area contributed by atoms with E-state index in [9.17, 15) is 14.7 Å². The average molecular weight is 481 g/mol. The van der Waals surface area contributed by atoms with Crippen molar-refractivity contribution in [3.05, 3.63) is 101 Å². The van der Waals surface area contributed by atoms with E-state index in [4.69, 9.17) is 4.74 Å². The van der Waals surface area contributed by atoms with Crippen molar-refractivity contribution in [3.8, 4) is 5.75 Å². The van der Waals surface area contributed by atoms with E-state index in [0.29, 0.717) is 23.6 Å². The molecule has 2 N–H and O–H groups in total. The summed E-state index contributed by atoms with van der Waals surface area (Å²) in [6, 6.07) is 21.5. The lowest BCUT2D eigenvalue weighted by atomic mass is 9.93. The highest BCUT2D eigenvalue weighted by Crippen LogP contribution is 2.45. The summed E-state index contributed by atoms with van der Waals surface area (Å²) in [6.45, 7) is 6.33. The number of nitrogens with zero attached hydrogens (tertiary/aromatic N) is 1. The Hall–Kier alpha value is -4.32. The summed E-state index contributed by atoms with van der Waals surface area (Å²) in [5, 5.41) is 12.4. The fourth-order valence-corrected chi connectivity index (χ4v) is 4.97. The van der Waals surface area contributed by atoms with Gasteiger partial charge in [0.2, 0.25) is 0 Å². The quantitative estimate of drug-likeness (QED) is 0.200. The molecule has 1 amide bonds. The van der Waals surface area contributed by atoms with Crippen molar-refractivity contribution in [1.82, 2.24) is 4.98 Å². The van der Waals surface area contributed by atoms with Crippen molar-refractivity contribution >= 4 is 34.0 Å². The normalized spacial score (nSPS) is 17.2. The molecular formula is C30H28N2O4. The molecule has 1 aliphatic rings. The summed E-state index contributed by atoms with van der Waals surface area (Å²) >= 11 is 0. The number of benzene rings is 3. The lowest BCUT2D eigenvalue weighted by molar-refractivity contribution is -0.132.